The molecule has 0 saturated heterocycles. The first-order chi connectivity index (χ1) is 9.68. The molecule has 0 heterocycles. The lowest BCUT2D eigenvalue weighted by molar-refractivity contribution is -0.136. The lowest BCUT2D eigenvalue weighted by Gasteiger charge is -2.18. The van der Waals surface area contributed by atoms with Crippen molar-refractivity contribution < 1.29 is 27.9 Å². The molecule has 0 saturated carbocycles. The molecule has 0 unspecified atom stereocenters. The highest BCUT2D eigenvalue weighted by Gasteiger charge is 2.26. The third-order valence-corrected chi connectivity index (χ3v) is 4.58. The Bertz CT molecular complexity index is 656. The number of likely N-dealkylation sites (N-methyl/N-ethyl adjacent to an activating group) is 1. The van der Waals surface area contributed by atoms with Gasteiger partial charge in [0.25, 0.3) is 0 Å². The third-order valence-electron chi connectivity index (χ3n) is 2.68. The van der Waals surface area contributed by atoms with Crippen molar-refractivity contribution >= 4 is 21.9 Å². The number of benzene rings is 1. The summed E-state index contributed by atoms with van der Waals surface area (Å²) >= 11 is 0. The number of nitrogens with zero attached hydrogens (tertiary/aromatic N) is 1. The molecule has 1 aromatic carbocycles. The molecule has 1 amide bonds. The van der Waals surface area contributed by atoms with Gasteiger partial charge < -0.3 is 15.6 Å². The van der Waals surface area contributed by atoms with E-state index in [1.165, 1.54) is 32.4 Å². The summed E-state index contributed by atoms with van der Waals surface area (Å²) in [5, 5.41) is 8.88. The van der Waals surface area contributed by atoms with Gasteiger partial charge in [0.05, 0.1) is 25.0 Å². The van der Waals surface area contributed by atoms with E-state index in [4.69, 9.17) is 15.6 Å². The molecule has 0 aromatic heterocycles. The second kappa shape index (κ2) is 6.55. The predicted octanol–water partition coefficient (Wildman–Crippen LogP) is -0.572. The maximum Gasteiger partial charge on any atom is 0.307 e. The van der Waals surface area contributed by atoms with E-state index in [1.807, 2.05) is 0 Å². The van der Waals surface area contributed by atoms with Crippen LogP contribution in [0.2, 0.25) is 0 Å². The van der Waals surface area contributed by atoms with Crippen LogP contribution in [0.25, 0.3) is 0 Å². The summed E-state index contributed by atoms with van der Waals surface area (Å²) in [5.41, 5.74) is 5.04. The molecule has 0 aliphatic heterocycles. The van der Waals surface area contributed by atoms with Crippen molar-refractivity contribution in [1.29, 1.82) is 0 Å². The molecule has 0 fully saturated rings. The van der Waals surface area contributed by atoms with Crippen LogP contribution < -0.4 is 10.5 Å². The molecule has 1 aromatic rings. The van der Waals surface area contributed by atoms with Crippen molar-refractivity contribution in [1.82, 2.24) is 4.31 Å². The molecule has 0 aliphatic carbocycles. The largest absolute Gasteiger partial charge is 0.497 e. The molecule has 0 spiro atoms. The topological polar surface area (TPSA) is 127 Å². The number of carboxylic acid groups (broad SMARTS) is 1. The van der Waals surface area contributed by atoms with Crippen molar-refractivity contribution in [3.8, 4) is 5.75 Å². The highest BCUT2D eigenvalue weighted by atomic mass is 32.2. The average Bonchev–Trinajstić information content (AvgIpc) is 2.36. The molecular weight excluding hydrogens is 300 g/mol. The third kappa shape index (κ3) is 4.17. The summed E-state index contributed by atoms with van der Waals surface area (Å²) < 4.78 is 30.4. The van der Waals surface area contributed by atoms with Gasteiger partial charge in [-0.3, -0.25) is 9.59 Å². The second-order valence-electron chi connectivity index (χ2n) is 4.27. The minimum Gasteiger partial charge on any atom is -0.497 e. The Morgan fingerprint density at radius 1 is 1.38 bits per heavy atom. The Labute approximate surface area is 122 Å². The van der Waals surface area contributed by atoms with Crippen LogP contribution in [0.5, 0.6) is 5.75 Å². The molecule has 21 heavy (non-hydrogen) atoms. The SMILES string of the molecule is COc1ccc(S(=O)(=O)N(C)CC(N)=O)c(CC(=O)O)c1. The highest BCUT2D eigenvalue weighted by molar-refractivity contribution is 7.89. The first kappa shape index (κ1) is 16.9. The Morgan fingerprint density at radius 2 is 2.00 bits per heavy atom. The van der Waals surface area contributed by atoms with Crippen LogP contribution in [0.3, 0.4) is 0 Å². The van der Waals surface area contributed by atoms with Gasteiger partial charge in [-0.1, -0.05) is 0 Å². The monoisotopic (exact) mass is 316 g/mol. The minimum absolute atomic E-state index is 0.0678. The Kier molecular flexibility index (Phi) is 5.28. The van der Waals surface area contributed by atoms with Crippen LogP contribution >= 0.6 is 0 Å². The molecule has 9 heteroatoms. The molecule has 0 atom stereocenters. The molecule has 8 nitrogen and oxygen atoms in total. The van der Waals surface area contributed by atoms with E-state index in [-0.39, 0.29) is 10.5 Å². The van der Waals surface area contributed by atoms with Gasteiger partial charge in [0.1, 0.15) is 5.75 Å². The van der Waals surface area contributed by atoms with Crippen molar-refractivity contribution in [3.63, 3.8) is 0 Å². The maximum atomic E-state index is 12.4. The van der Waals surface area contributed by atoms with Crippen molar-refractivity contribution in [2.75, 3.05) is 20.7 Å². The number of carboxylic acids is 1. The number of amides is 1. The molecular formula is C12H16N2O6S. The van der Waals surface area contributed by atoms with Gasteiger partial charge in [-0.05, 0) is 23.8 Å². The molecule has 3 N–H and O–H groups in total. The van der Waals surface area contributed by atoms with Gasteiger partial charge in [-0.25, -0.2) is 8.42 Å². The summed E-state index contributed by atoms with van der Waals surface area (Å²) in [5.74, 6) is -1.66. The van der Waals surface area contributed by atoms with E-state index in [9.17, 15) is 18.0 Å². The molecule has 1 rings (SSSR count). The van der Waals surface area contributed by atoms with E-state index < -0.39 is 34.9 Å². The number of carbonyl (C=O) groups excluding carboxylic acids is 1. The van der Waals surface area contributed by atoms with Gasteiger partial charge in [0, 0.05) is 7.05 Å². The molecule has 116 valence electrons. The number of hydrogen-bond acceptors (Lipinski definition) is 5. The number of primary amides is 1. The van der Waals surface area contributed by atoms with Crippen LogP contribution in [0, 0.1) is 0 Å². The minimum atomic E-state index is -4.02. The van der Waals surface area contributed by atoms with Crippen LogP contribution in [-0.2, 0) is 26.0 Å². The number of carbonyl (C=O) groups is 2. The van der Waals surface area contributed by atoms with E-state index in [0.717, 1.165) is 4.31 Å². The Morgan fingerprint density at radius 3 is 2.48 bits per heavy atom. The molecule has 0 aliphatic rings. The van der Waals surface area contributed by atoms with Gasteiger partial charge in [0.15, 0.2) is 0 Å². The summed E-state index contributed by atoms with van der Waals surface area (Å²) in [6, 6.07) is 3.97. The fraction of sp³-hybridized carbons (Fsp3) is 0.333. The molecule has 0 bridgehead atoms. The van der Waals surface area contributed by atoms with Crippen molar-refractivity contribution in [3.05, 3.63) is 23.8 Å². The predicted molar refractivity (Wildman–Crippen MR) is 73.3 cm³/mol. The fourth-order valence-electron chi connectivity index (χ4n) is 1.71. The van der Waals surface area contributed by atoms with E-state index >= 15 is 0 Å². The lowest BCUT2D eigenvalue weighted by Crippen LogP contribution is -2.35. The van der Waals surface area contributed by atoms with Crippen LogP contribution in [0.15, 0.2) is 23.1 Å². The zero-order chi connectivity index (χ0) is 16.2. The number of nitrogens with two attached hydrogens (primary N) is 1. The van der Waals surface area contributed by atoms with Crippen LogP contribution in [-0.4, -0.2) is 50.4 Å². The Hall–Kier alpha value is -2.13. The smallest absolute Gasteiger partial charge is 0.307 e. The van der Waals surface area contributed by atoms with Crippen molar-refractivity contribution in [2.24, 2.45) is 5.73 Å². The number of methoxy groups -OCH3 is 1. The fourth-order valence-corrected chi connectivity index (χ4v) is 3.04. The van der Waals surface area contributed by atoms with Gasteiger partial charge in [0.2, 0.25) is 15.9 Å². The number of ether oxygens (including phenoxy) is 1. The lowest BCUT2D eigenvalue weighted by atomic mass is 10.1. The number of hydrogen-bond donors (Lipinski definition) is 2. The highest BCUT2D eigenvalue weighted by Crippen LogP contribution is 2.24. The summed E-state index contributed by atoms with van der Waals surface area (Å²) in [7, 11) is -1.45. The number of aliphatic carboxylic acids is 1. The van der Waals surface area contributed by atoms with Gasteiger partial charge in [-0.15, -0.1) is 0 Å². The average molecular weight is 316 g/mol. The standard InChI is InChI=1S/C12H16N2O6S/c1-14(7-11(13)15)21(18,19)10-4-3-9(20-2)5-8(10)6-12(16)17/h3-5H,6-7H2,1-2H3,(H2,13,15)(H,16,17). The summed E-state index contributed by atoms with van der Waals surface area (Å²) in [4.78, 5) is 21.5. The number of rotatable bonds is 7. The normalized spacial score (nSPS) is 11.4. The number of sulfonamides is 1. The zero-order valence-corrected chi connectivity index (χ0v) is 12.4. The second-order valence-corrected chi connectivity index (χ2v) is 6.28. The van der Waals surface area contributed by atoms with Crippen molar-refractivity contribution in [2.45, 2.75) is 11.3 Å². The maximum absolute atomic E-state index is 12.4. The van der Waals surface area contributed by atoms with Gasteiger partial charge >= 0.3 is 5.97 Å². The van der Waals surface area contributed by atoms with E-state index in [1.54, 1.807) is 0 Å². The first-order valence-electron chi connectivity index (χ1n) is 5.82. The first-order valence-corrected chi connectivity index (χ1v) is 7.26. The molecule has 0 radical (unpaired) electrons. The quantitative estimate of drug-likeness (QED) is 0.693. The van der Waals surface area contributed by atoms with Gasteiger partial charge in [-0.2, -0.15) is 4.31 Å². The van der Waals surface area contributed by atoms with Crippen LogP contribution in [0.1, 0.15) is 5.56 Å². The summed E-state index contributed by atoms with van der Waals surface area (Å²) in [6.45, 7) is -0.499. The Balaban J connectivity index is 3.33. The van der Waals surface area contributed by atoms with E-state index in [2.05, 4.69) is 0 Å². The van der Waals surface area contributed by atoms with Crippen LogP contribution in [0.4, 0.5) is 0 Å². The summed E-state index contributed by atoms with van der Waals surface area (Å²) in [6.07, 6.45) is -0.490. The zero-order valence-electron chi connectivity index (χ0n) is 11.6. The van der Waals surface area contributed by atoms with E-state index in [0.29, 0.717) is 5.75 Å².